The number of nitrogens with one attached hydrogen (secondary N) is 1. The second kappa shape index (κ2) is 7.77. The zero-order valence-electron chi connectivity index (χ0n) is 25.4. The Hall–Kier alpha value is -2.27. The SMILES string of the molecule is [2H]c1nc(N([2H])C2([2H])C([2H])([2H])CN(C([2H])([2H])c3c([2H])cc(F)c(C#N)c3[2H])CC2([2H])[2H])c2c([2H])c(Cl)sc2n1. The summed E-state index contributed by atoms with van der Waals surface area (Å²) in [6.45, 7) is -5.07. The summed E-state index contributed by atoms with van der Waals surface area (Å²) >= 11 is 6.79. The Balaban J connectivity index is 1.84. The summed E-state index contributed by atoms with van der Waals surface area (Å²) in [6.07, 6.45) is -6.80. The molecule has 1 saturated heterocycles. The third-order valence-electron chi connectivity index (χ3n) is 3.46. The molecule has 1 fully saturated rings. The van der Waals surface area contributed by atoms with E-state index in [9.17, 15) is 9.65 Å². The first-order chi connectivity index (χ1) is 17.8. The van der Waals surface area contributed by atoms with Crippen LogP contribution in [-0.4, -0.2) is 34.0 Å². The standard InChI is InChI=1S/C19H17ClFN5S/c20-17-8-15-18(23-11-24-19(15)27-17)25-14-3-5-26(6-4-14)10-12-1-2-16(21)13(7-12)9-22/h1-2,7-8,11,14H,3-6,10H2,(H,23,24,25)/i1D,3D2,4D2,7D,8D,10D2,11D,14D/hD. The summed E-state index contributed by atoms with van der Waals surface area (Å²) in [5.41, 5.74) is -1.64. The molecule has 4 rings (SSSR count). The lowest BCUT2D eigenvalue weighted by atomic mass is 10.0. The van der Waals surface area contributed by atoms with Crippen molar-refractivity contribution >= 4 is 39.0 Å². The van der Waals surface area contributed by atoms with Crippen LogP contribution < -0.4 is 5.31 Å². The van der Waals surface area contributed by atoms with Gasteiger partial charge in [-0.25, -0.2) is 14.4 Å². The van der Waals surface area contributed by atoms with Gasteiger partial charge in [0.2, 0.25) is 0 Å². The maximum Gasteiger partial charge on any atom is 0.162 e. The van der Waals surface area contributed by atoms with Crippen molar-refractivity contribution in [1.82, 2.24) is 14.9 Å². The van der Waals surface area contributed by atoms with Crippen LogP contribution >= 0.6 is 22.9 Å². The van der Waals surface area contributed by atoms with Gasteiger partial charge < -0.3 is 5.31 Å². The van der Waals surface area contributed by atoms with Gasteiger partial charge in [0.15, 0.2) is 1.41 Å². The Morgan fingerprint density at radius 3 is 3.15 bits per heavy atom. The van der Waals surface area contributed by atoms with Gasteiger partial charge in [-0.15, -0.1) is 11.3 Å². The Labute approximate surface area is 182 Å². The number of nitriles is 1. The fraction of sp³-hybridized carbons (Fsp3) is 0.316. The van der Waals surface area contributed by atoms with Crippen molar-refractivity contribution in [3.8, 4) is 6.07 Å². The number of fused-ring (bicyclic) bond motifs is 1. The number of hydrogen-bond acceptors (Lipinski definition) is 6. The average Bonchev–Trinajstić information content (AvgIpc) is 3.08. The van der Waals surface area contributed by atoms with Gasteiger partial charge in [0.25, 0.3) is 0 Å². The fourth-order valence-corrected chi connectivity index (χ4v) is 3.22. The number of likely N-dealkylation sites (tertiary alicyclic amines) is 1. The van der Waals surface area contributed by atoms with E-state index in [1.54, 1.807) is 0 Å². The van der Waals surface area contributed by atoms with E-state index in [2.05, 4.69) is 9.97 Å². The molecule has 27 heavy (non-hydrogen) atoms. The molecule has 0 spiro atoms. The number of aromatic nitrogens is 2. The first-order valence-electron chi connectivity index (χ1n) is 13.4. The third-order valence-corrected chi connectivity index (χ3v) is 4.56. The molecule has 0 saturated carbocycles. The molecule has 3 heterocycles. The number of benzene rings is 1. The highest BCUT2D eigenvalue weighted by Crippen LogP contribution is 2.32. The molecule has 1 aliphatic rings. The minimum atomic E-state index is -3.14. The van der Waals surface area contributed by atoms with Gasteiger partial charge >= 0.3 is 0 Å². The van der Waals surface area contributed by atoms with Crippen LogP contribution in [0.2, 0.25) is 5.75 Å². The summed E-state index contributed by atoms with van der Waals surface area (Å²) in [4.78, 5) is 8.16. The number of hydrogen-bond donors (Lipinski definition) is 1. The molecule has 0 radical (unpaired) electrons. The Morgan fingerprint density at radius 1 is 1.56 bits per heavy atom. The molecule has 0 unspecified atom stereocenters. The third kappa shape index (κ3) is 4.03. The van der Waals surface area contributed by atoms with Gasteiger partial charge in [0, 0.05) is 33.8 Å². The van der Waals surface area contributed by atoms with Crippen LogP contribution in [-0.2, 0) is 6.50 Å². The van der Waals surface area contributed by atoms with Crippen molar-refractivity contribution in [2.24, 2.45) is 0 Å². The number of rotatable bonds is 4. The molecule has 5 nitrogen and oxygen atoms in total. The summed E-state index contributed by atoms with van der Waals surface area (Å²) in [6, 6.07) is -3.33. The molecular formula is C19H17ClFN5S. The van der Waals surface area contributed by atoms with Crippen molar-refractivity contribution in [2.75, 3.05) is 18.4 Å². The molecule has 1 aromatic carbocycles. The van der Waals surface area contributed by atoms with Crippen LogP contribution in [0.5, 0.6) is 0 Å². The number of anilines is 1. The van der Waals surface area contributed by atoms with E-state index >= 15 is 0 Å². The minimum absolute atomic E-state index is 0.00806. The molecule has 0 atom stereocenters. The molecule has 8 heteroatoms. The van der Waals surface area contributed by atoms with Gasteiger partial charge in [0.1, 0.15) is 30.2 Å². The second-order valence-corrected chi connectivity index (χ2v) is 6.83. The molecule has 0 amide bonds. The number of piperidine rings is 1. The molecule has 1 N–H and O–H groups in total. The van der Waals surface area contributed by atoms with Crippen molar-refractivity contribution < 1.29 is 20.9 Å². The predicted molar refractivity (Wildman–Crippen MR) is 105 cm³/mol. The van der Waals surface area contributed by atoms with Gasteiger partial charge in [-0.2, -0.15) is 5.26 Å². The quantitative estimate of drug-likeness (QED) is 0.685. The first kappa shape index (κ1) is 8.82. The van der Waals surface area contributed by atoms with E-state index in [0.717, 1.165) is 11.3 Å². The van der Waals surface area contributed by atoms with Crippen LogP contribution in [0.4, 0.5) is 10.2 Å². The predicted octanol–water partition coefficient (Wildman–Crippen LogP) is 4.43. The molecule has 1 aliphatic heterocycles. The highest BCUT2D eigenvalue weighted by molar-refractivity contribution is 7.22. The normalized spacial score (nSPS) is 27.6. The van der Waals surface area contributed by atoms with Crippen molar-refractivity contribution in [3.05, 3.63) is 51.8 Å². The highest BCUT2D eigenvalue weighted by atomic mass is 35.5. The van der Waals surface area contributed by atoms with E-state index < -0.39 is 79.5 Å². The van der Waals surface area contributed by atoms with Crippen LogP contribution in [0.15, 0.2) is 30.5 Å². The van der Waals surface area contributed by atoms with Gasteiger partial charge in [-0.05, 0) is 36.5 Å². The first-order valence-corrected chi connectivity index (χ1v) is 8.69. The van der Waals surface area contributed by atoms with Crippen molar-refractivity contribution in [1.29, 1.82) is 5.26 Å². The topological polar surface area (TPSA) is 64.8 Å². The van der Waals surface area contributed by atoms with Crippen LogP contribution in [0.3, 0.4) is 0 Å². The lowest BCUT2D eigenvalue weighted by Crippen LogP contribution is -2.38. The van der Waals surface area contributed by atoms with Crippen molar-refractivity contribution in [3.63, 3.8) is 0 Å². The molecular weight excluding hydrogens is 385 g/mol. The van der Waals surface area contributed by atoms with Crippen LogP contribution in [0.25, 0.3) is 10.2 Å². The number of thiophene rings is 1. The molecule has 0 aliphatic carbocycles. The summed E-state index contributed by atoms with van der Waals surface area (Å²) in [5.74, 6) is -1.84. The molecule has 0 bridgehead atoms. The highest BCUT2D eigenvalue weighted by Gasteiger charge is 2.21. The smallest absolute Gasteiger partial charge is 0.162 e. The van der Waals surface area contributed by atoms with Crippen molar-refractivity contribution in [2.45, 2.75) is 25.3 Å². The van der Waals surface area contributed by atoms with E-state index in [0.29, 0.717) is 11.0 Å². The van der Waals surface area contributed by atoms with Gasteiger partial charge in [-0.3, -0.25) is 4.90 Å². The second-order valence-electron chi connectivity index (χ2n) is 5.23. The Morgan fingerprint density at radius 2 is 2.37 bits per heavy atom. The Kier molecular flexibility index (Phi) is 2.54. The lowest BCUT2D eigenvalue weighted by Gasteiger charge is -2.32. The van der Waals surface area contributed by atoms with Crippen LogP contribution in [0.1, 0.15) is 39.0 Å². The van der Waals surface area contributed by atoms with Gasteiger partial charge in [0.05, 0.1) is 20.8 Å². The lowest BCUT2D eigenvalue weighted by molar-refractivity contribution is 0.211. The minimum Gasteiger partial charge on any atom is -0.367 e. The van der Waals surface area contributed by atoms with E-state index in [4.69, 9.17) is 28.1 Å². The Bertz CT molecular complexity index is 1530. The molecule has 2 aromatic heterocycles. The largest absolute Gasteiger partial charge is 0.367 e. The zero-order valence-corrected chi connectivity index (χ0v) is 15.0. The summed E-state index contributed by atoms with van der Waals surface area (Å²) in [7, 11) is 0. The maximum atomic E-state index is 14.1. The molecule has 3 aromatic rings. The summed E-state index contributed by atoms with van der Waals surface area (Å²) in [5, 5.41) is 9.09. The number of halogens is 2. The van der Waals surface area contributed by atoms with E-state index in [1.165, 1.54) is 6.07 Å². The van der Waals surface area contributed by atoms with E-state index in [-0.39, 0.29) is 25.9 Å². The van der Waals surface area contributed by atoms with Crippen LogP contribution in [0, 0.1) is 17.1 Å². The van der Waals surface area contributed by atoms with Gasteiger partial charge in [-0.1, -0.05) is 17.6 Å². The molecule has 138 valence electrons. The summed E-state index contributed by atoms with van der Waals surface area (Å²) < 4.78 is 115. The fourth-order valence-electron chi connectivity index (χ4n) is 2.25. The number of nitrogens with zero attached hydrogens (tertiary/aromatic N) is 4. The monoisotopic (exact) mass is 413 g/mol. The zero-order chi connectivity index (χ0) is 29.5. The average molecular weight is 414 g/mol. The van der Waals surface area contributed by atoms with E-state index in [1.807, 2.05) is 0 Å². The maximum absolute atomic E-state index is 14.1.